The fourth-order valence-electron chi connectivity index (χ4n) is 3.90. The fraction of sp³-hybridized carbons (Fsp3) is 0.524. The smallest absolute Gasteiger partial charge is 0.269 e. The Kier molecular flexibility index (Phi) is 5.25. The number of rotatable bonds is 5. The van der Waals surface area contributed by atoms with Crippen LogP contribution in [0.25, 0.3) is 0 Å². The number of nitrogens with one attached hydrogen (secondary N) is 1. The van der Waals surface area contributed by atoms with Gasteiger partial charge < -0.3 is 5.32 Å². The van der Waals surface area contributed by atoms with E-state index in [9.17, 15) is 18.0 Å². The third-order valence-corrected chi connectivity index (χ3v) is 7.65. The third kappa shape index (κ3) is 3.96. The first kappa shape index (κ1) is 20.1. The Morgan fingerprint density at radius 2 is 1.86 bits per heavy atom. The molecule has 29 heavy (non-hydrogen) atoms. The third-order valence-electron chi connectivity index (χ3n) is 5.77. The van der Waals surface area contributed by atoms with Gasteiger partial charge in [-0.05, 0) is 57.7 Å². The zero-order valence-corrected chi connectivity index (χ0v) is 17.7. The van der Waals surface area contributed by atoms with E-state index >= 15 is 0 Å². The van der Waals surface area contributed by atoms with Crippen molar-refractivity contribution in [2.75, 3.05) is 19.6 Å². The molecule has 1 saturated carbocycles. The molecule has 1 saturated heterocycles. The van der Waals surface area contributed by atoms with E-state index in [4.69, 9.17) is 0 Å². The molecule has 0 bridgehead atoms. The van der Waals surface area contributed by atoms with Crippen LogP contribution in [0.15, 0.2) is 34.7 Å². The lowest BCUT2D eigenvalue weighted by Crippen LogP contribution is -2.44. The van der Waals surface area contributed by atoms with Crippen LogP contribution in [-0.2, 0) is 10.0 Å². The van der Waals surface area contributed by atoms with Crippen molar-refractivity contribution in [3.05, 3.63) is 41.0 Å². The summed E-state index contributed by atoms with van der Waals surface area (Å²) in [5.74, 6) is -0.763. The fourth-order valence-corrected chi connectivity index (χ4v) is 5.74. The van der Waals surface area contributed by atoms with Gasteiger partial charge in [0.2, 0.25) is 0 Å². The first-order chi connectivity index (χ1) is 13.8. The van der Waals surface area contributed by atoms with Gasteiger partial charge in [0.15, 0.2) is 0 Å². The second kappa shape index (κ2) is 7.57. The summed E-state index contributed by atoms with van der Waals surface area (Å²) >= 11 is 0. The number of carbonyl (C=O) groups is 2. The van der Waals surface area contributed by atoms with Crippen molar-refractivity contribution in [3.63, 3.8) is 0 Å². The number of fused-ring (bicyclic) bond motifs is 1. The molecule has 1 N–H and O–H groups in total. The number of nitrogens with zero attached hydrogens (tertiary/aromatic N) is 2. The van der Waals surface area contributed by atoms with E-state index < -0.39 is 15.9 Å². The number of benzene rings is 1. The molecule has 0 radical (unpaired) electrons. The van der Waals surface area contributed by atoms with Crippen LogP contribution < -0.4 is 5.32 Å². The molecule has 3 aliphatic rings. The molecule has 8 heteroatoms. The summed E-state index contributed by atoms with van der Waals surface area (Å²) in [7, 11) is -3.85. The molecule has 1 aliphatic carbocycles. The Bertz CT molecular complexity index is 970. The molecule has 2 heterocycles. The van der Waals surface area contributed by atoms with Gasteiger partial charge in [-0.1, -0.05) is 11.6 Å². The van der Waals surface area contributed by atoms with Gasteiger partial charge in [-0.15, -0.1) is 0 Å². The van der Waals surface area contributed by atoms with Gasteiger partial charge in [0.1, 0.15) is 4.90 Å². The molecule has 1 aromatic carbocycles. The lowest BCUT2D eigenvalue weighted by atomic mass is 10.0. The number of amides is 2. The molecule has 156 valence electrons. The van der Waals surface area contributed by atoms with Crippen LogP contribution in [0.2, 0.25) is 0 Å². The number of hydrogen-bond acceptors (Lipinski definition) is 5. The van der Waals surface area contributed by atoms with Crippen molar-refractivity contribution in [2.24, 2.45) is 0 Å². The van der Waals surface area contributed by atoms with Crippen LogP contribution in [0.1, 0.15) is 60.2 Å². The molecule has 2 amide bonds. The highest BCUT2D eigenvalue weighted by atomic mass is 32.2. The number of piperidine rings is 1. The van der Waals surface area contributed by atoms with Gasteiger partial charge in [-0.25, -0.2) is 12.7 Å². The number of allylic oxidation sites excluding steroid dienone is 1. The maximum atomic E-state index is 12.7. The molecule has 7 nitrogen and oxygen atoms in total. The maximum Gasteiger partial charge on any atom is 0.269 e. The van der Waals surface area contributed by atoms with E-state index in [1.54, 1.807) is 6.07 Å². The second-order valence-electron chi connectivity index (χ2n) is 8.38. The van der Waals surface area contributed by atoms with E-state index in [1.807, 2.05) is 0 Å². The zero-order valence-electron chi connectivity index (χ0n) is 16.8. The first-order valence-electron chi connectivity index (χ1n) is 10.2. The predicted molar refractivity (Wildman–Crippen MR) is 109 cm³/mol. The molecule has 2 aliphatic heterocycles. The molecular formula is C21H27N3O4S. The van der Waals surface area contributed by atoms with E-state index in [0.717, 1.165) is 36.8 Å². The zero-order chi connectivity index (χ0) is 20.8. The standard InChI is InChI=1S/C21H27N3O4S/c1-14(2)7-10-23-11-8-16(9-12-23)22-20(25)15-3-6-18-19(13-15)29(27,28)24(21(18)26)17-4-5-17/h3,6-7,13,16-17H,4-5,8-12H2,1-2H3,(H,22,25). The minimum atomic E-state index is -3.85. The average Bonchev–Trinajstić information content (AvgIpc) is 3.48. The first-order valence-corrected chi connectivity index (χ1v) is 11.6. The summed E-state index contributed by atoms with van der Waals surface area (Å²) in [4.78, 5) is 27.5. The van der Waals surface area contributed by atoms with Gasteiger partial charge in [0, 0.05) is 37.3 Å². The van der Waals surface area contributed by atoms with Gasteiger partial charge in [-0.3, -0.25) is 14.5 Å². The van der Waals surface area contributed by atoms with E-state index in [2.05, 4.69) is 30.1 Å². The SMILES string of the molecule is CC(C)=CCN1CCC(NC(=O)c2ccc3c(c2)S(=O)(=O)N(C2CC2)C3=O)CC1. The van der Waals surface area contributed by atoms with Crippen molar-refractivity contribution < 1.29 is 18.0 Å². The highest BCUT2D eigenvalue weighted by molar-refractivity contribution is 7.90. The van der Waals surface area contributed by atoms with E-state index in [0.29, 0.717) is 12.8 Å². The normalized spacial score (nSPS) is 21.7. The second-order valence-corrected chi connectivity index (χ2v) is 10.2. The lowest BCUT2D eigenvalue weighted by Gasteiger charge is -2.31. The monoisotopic (exact) mass is 417 g/mol. The highest BCUT2D eigenvalue weighted by Gasteiger charge is 2.48. The van der Waals surface area contributed by atoms with Crippen LogP contribution in [-0.4, -0.2) is 61.2 Å². The summed E-state index contributed by atoms with van der Waals surface area (Å²) in [5.41, 5.74) is 1.75. The van der Waals surface area contributed by atoms with Crippen molar-refractivity contribution in [1.82, 2.24) is 14.5 Å². The van der Waals surface area contributed by atoms with Crippen molar-refractivity contribution >= 4 is 21.8 Å². The van der Waals surface area contributed by atoms with Crippen LogP contribution >= 0.6 is 0 Å². The van der Waals surface area contributed by atoms with Crippen molar-refractivity contribution in [2.45, 2.75) is 56.5 Å². The summed E-state index contributed by atoms with van der Waals surface area (Å²) in [6, 6.07) is 4.20. The molecule has 0 unspecified atom stereocenters. The Morgan fingerprint density at radius 3 is 2.48 bits per heavy atom. The Morgan fingerprint density at radius 1 is 1.17 bits per heavy atom. The Labute approximate surface area is 171 Å². The number of sulfonamides is 1. The van der Waals surface area contributed by atoms with E-state index in [-0.39, 0.29) is 34.0 Å². The molecule has 1 aromatic rings. The van der Waals surface area contributed by atoms with Gasteiger partial charge >= 0.3 is 0 Å². The number of hydrogen-bond donors (Lipinski definition) is 1. The average molecular weight is 418 g/mol. The van der Waals surface area contributed by atoms with Crippen LogP contribution in [0, 0.1) is 0 Å². The largest absolute Gasteiger partial charge is 0.349 e. The summed E-state index contributed by atoms with van der Waals surface area (Å²) in [6.45, 7) is 6.93. The van der Waals surface area contributed by atoms with Crippen molar-refractivity contribution in [1.29, 1.82) is 0 Å². The summed E-state index contributed by atoms with van der Waals surface area (Å²) < 4.78 is 26.5. The minimum Gasteiger partial charge on any atom is -0.349 e. The molecule has 2 fully saturated rings. The topological polar surface area (TPSA) is 86.8 Å². The summed E-state index contributed by atoms with van der Waals surface area (Å²) in [6.07, 6.45) is 5.34. The molecular weight excluding hydrogens is 390 g/mol. The van der Waals surface area contributed by atoms with Crippen LogP contribution in [0.4, 0.5) is 0 Å². The maximum absolute atomic E-state index is 12.7. The Balaban J connectivity index is 1.42. The molecule has 0 aromatic heterocycles. The lowest BCUT2D eigenvalue weighted by molar-refractivity contribution is 0.0862. The minimum absolute atomic E-state index is 0.0430. The molecule has 0 spiro atoms. The highest BCUT2D eigenvalue weighted by Crippen LogP contribution is 2.39. The van der Waals surface area contributed by atoms with Gasteiger partial charge in [0.05, 0.1) is 5.56 Å². The number of likely N-dealkylation sites (tertiary alicyclic amines) is 1. The van der Waals surface area contributed by atoms with Crippen molar-refractivity contribution in [3.8, 4) is 0 Å². The molecule has 0 atom stereocenters. The predicted octanol–water partition coefficient (Wildman–Crippen LogP) is 2.15. The Hall–Kier alpha value is -2.19. The van der Waals surface area contributed by atoms with Gasteiger partial charge in [0.25, 0.3) is 21.8 Å². The van der Waals surface area contributed by atoms with Crippen LogP contribution in [0.5, 0.6) is 0 Å². The van der Waals surface area contributed by atoms with Gasteiger partial charge in [-0.2, -0.15) is 0 Å². The molecule has 4 rings (SSSR count). The quantitative estimate of drug-likeness (QED) is 0.742. The number of carbonyl (C=O) groups excluding carboxylic acids is 2. The summed E-state index contributed by atoms with van der Waals surface area (Å²) in [5, 5.41) is 3.02. The van der Waals surface area contributed by atoms with E-state index in [1.165, 1.54) is 17.7 Å². The van der Waals surface area contributed by atoms with Crippen LogP contribution in [0.3, 0.4) is 0 Å².